The second-order valence-electron chi connectivity index (χ2n) is 5.95. The van der Waals surface area contributed by atoms with Crippen LogP contribution in [0.3, 0.4) is 0 Å². The molecule has 2 aliphatic heterocycles. The predicted octanol–water partition coefficient (Wildman–Crippen LogP) is -0.382. The molecule has 2 saturated heterocycles. The lowest BCUT2D eigenvalue weighted by molar-refractivity contribution is -0.0566. The molecule has 0 unspecified atom stereocenters. The van der Waals surface area contributed by atoms with E-state index in [-0.39, 0.29) is 24.7 Å². The van der Waals surface area contributed by atoms with E-state index in [4.69, 9.17) is 15.6 Å². The number of aliphatic hydroxyl groups is 1. The molecule has 7 heteroatoms. The average Bonchev–Trinajstić information content (AvgIpc) is 2.89. The molecular formula is C15H22N4O3. The van der Waals surface area contributed by atoms with E-state index >= 15 is 0 Å². The molecule has 0 aliphatic carbocycles. The largest absolute Gasteiger partial charge is 0.396 e. The van der Waals surface area contributed by atoms with Crippen LogP contribution in [0, 0.1) is 0 Å². The van der Waals surface area contributed by atoms with Gasteiger partial charge in [-0.25, -0.2) is 4.98 Å². The maximum absolute atomic E-state index is 12.2. The number of ether oxygens (including phenoxy) is 1. The van der Waals surface area contributed by atoms with Crippen molar-refractivity contribution < 1.29 is 14.6 Å². The normalized spacial score (nSPS) is 28.3. The Kier molecular flexibility index (Phi) is 4.56. The van der Waals surface area contributed by atoms with Crippen LogP contribution >= 0.6 is 0 Å². The fourth-order valence-corrected chi connectivity index (χ4v) is 3.17. The van der Waals surface area contributed by atoms with Crippen molar-refractivity contribution in [3.8, 4) is 0 Å². The number of fused-ring (bicyclic) bond motifs is 1. The second kappa shape index (κ2) is 6.60. The van der Waals surface area contributed by atoms with E-state index in [9.17, 15) is 4.79 Å². The van der Waals surface area contributed by atoms with Crippen LogP contribution in [0.5, 0.6) is 0 Å². The lowest BCUT2D eigenvalue weighted by Crippen LogP contribution is -2.46. The van der Waals surface area contributed by atoms with Crippen LogP contribution in [-0.2, 0) is 4.74 Å². The number of carbonyl (C=O) groups is 1. The predicted molar refractivity (Wildman–Crippen MR) is 81.3 cm³/mol. The summed E-state index contributed by atoms with van der Waals surface area (Å²) in [5.74, 6) is 0.284. The molecule has 1 aromatic heterocycles. The number of aromatic nitrogens is 1. The molecule has 3 heterocycles. The van der Waals surface area contributed by atoms with Gasteiger partial charge in [0.2, 0.25) is 0 Å². The van der Waals surface area contributed by atoms with Gasteiger partial charge in [-0.1, -0.05) is 0 Å². The van der Waals surface area contributed by atoms with Crippen LogP contribution in [0.25, 0.3) is 0 Å². The number of rotatable bonds is 4. The zero-order chi connectivity index (χ0) is 15.5. The van der Waals surface area contributed by atoms with Gasteiger partial charge in [0, 0.05) is 38.0 Å². The van der Waals surface area contributed by atoms with Crippen LogP contribution < -0.4 is 11.1 Å². The van der Waals surface area contributed by atoms with E-state index in [1.54, 1.807) is 12.1 Å². The molecule has 0 saturated carbocycles. The van der Waals surface area contributed by atoms with Crippen molar-refractivity contribution in [2.24, 2.45) is 0 Å². The van der Waals surface area contributed by atoms with Gasteiger partial charge in [0.25, 0.3) is 5.91 Å². The number of hydrogen-bond donors (Lipinski definition) is 3. The van der Waals surface area contributed by atoms with Gasteiger partial charge in [-0.2, -0.15) is 0 Å². The second-order valence-corrected chi connectivity index (χ2v) is 5.95. The summed E-state index contributed by atoms with van der Waals surface area (Å²) < 4.78 is 5.75. The highest BCUT2D eigenvalue weighted by atomic mass is 16.5. The zero-order valence-corrected chi connectivity index (χ0v) is 12.4. The molecule has 22 heavy (non-hydrogen) atoms. The minimum Gasteiger partial charge on any atom is -0.396 e. The molecule has 0 bridgehead atoms. The minimum atomic E-state index is -0.120. The van der Waals surface area contributed by atoms with E-state index in [0.717, 1.165) is 19.5 Å². The Balaban J connectivity index is 1.54. The number of hydrogen-bond acceptors (Lipinski definition) is 6. The highest BCUT2D eigenvalue weighted by Crippen LogP contribution is 2.24. The van der Waals surface area contributed by atoms with Crippen molar-refractivity contribution in [2.45, 2.75) is 31.0 Å². The summed E-state index contributed by atoms with van der Waals surface area (Å²) in [6.45, 7) is 2.46. The number of nitrogen functional groups attached to an aromatic ring is 1. The maximum atomic E-state index is 12.2. The Hall–Kier alpha value is -1.70. The third-order valence-electron chi connectivity index (χ3n) is 4.33. The zero-order valence-electron chi connectivity index (χ0n) is 12.4. The summed E-state index contributed by atoms with van der Waals surface area (Å²) in [5, 5.41) is 12.1. The molecule has 2 fully saturated rings. The topological polar surface area (TPSA) is 101 Å². The Morgan fingerprint density at radius 2 is 2.36 bits per heavy atom. The van der Waals surface area contributed by atoms with E-state index in [1.807, 2.05) is 0 Å². The van der Waals surface area contributed by atoms with Gasteiger partial charge >= 0.3 is 0 Å². The van der Waals surface area contributed by atoms with Crippen LogP contribution in [0.4, 0.5) is 5.82 Å². The van der Waals surface area contributed by atoms with Crippen molar-refractivity contribution in [1.29, 1.82) is 0 Å². The quantitative estimate of drug-likeness (QED) is 0.701. The highest BCUT2D eigenvalue weighted by molar-refractivity contribution is 5.94. The number of nitrogens with one attached hydrogen (secondary N) is 1. The van der Waals surface area contributed by atoms with Crippen molar-refractivity contribution >= 4 is 11.7 Å². The molecule has 0 spiro atoms. The van der Waals surface area contributed by atoms with E-state index in [1.165, 1.54) is 6.20 Å². The number of pyridine rings is 1. The van der Waals surface area contributed by atoms with Gasteiger partial charge in [0.15, 0.2) is 0 Å². The molecule has 7 nitrogen and oxygen atoms in total. The summed E-state index contributed by atoms with van der Waals surface area (Å²) in [7, 11) is 0. The number of anilines is 1. The molecule has 4 N–H and O–H groups in total. The van der Waals surface area contributed by atoms with Crippen molar-refractivity contribution in [1.82, 2.24) is 15.2 Å². The number of aliphatic hydroxyl groups excluding tert-OH is 1. The highest BCUT2D eigenvalue weighted by Gasteiger charge is 2.37. The summed E-state index contributed by atoms with van der Waals surface area (Å²) in [4.78, 5) is 18.5. The smallest absolute Gasteiger partial charge is 0.253 e. The minimum absolute atomic E-state index is 0.0944. The van der Waals surface area contributed by atoms with Gasteiger partial charge < -0.3 is 20.9 Å². The van der Waals surface area contributed by atoms with E-state index in [2.05, 4.69) is 15.2 Å². The van der Waals surface area contributed by atoms with Gasteiger partial charge in [0.05, 0.1) is 18.3 Å². The number of carbonyl (C=O) groups excluding carboxylic acids is 1. The van der Waals surface area contributed by atoms with Crippen molar-refractivity contribution in [2.75, 3.05) is 32.0 Å². The number of nitrogens with two attached hydrogens (primary N) is 1. The summed E-state index contributed by atoms with van der Waals surface area (Å²) in [6.07, 6.45) is 3.14. The van der Waals surface area contributed by atoms with Gasteiger partial charge in [-0.15, -0.1) is 0 Å². The van der Waals surface area contributed by atoms with Crippen LogP contribution in [0.15, 0.2) is 18.3 Å². The number of morpholine rings is 1. The fraction of sp³-hybridized carbons (Fsp3) is 0.600. The number of amides is 1. The maximum Gasteiger partial charge on any atom is 0.253 e. The molecule has 0 aromatic carbocycles. The van der Waals surface area contributed by atoms with Crippen LogP contribution in [-0.4, -0.2) is 65.4 Å². The molecular weight excluding hydrogens is 284 g/mol. The van der Waals surface area contributed by atoms with Gasteiger partial charge in [0.1, 0.15) is 5.82 Å². The molecule has 3 rings (SSSR count). The first-order valence-electron chi connectivity index (χ1n) is 7.64. The Morgan fingerprint density at radius 3 is 3.09 bits per heavy atom. The molecule has 120 valence electrons. The molecule has 2 aliphatic rings. The SMILES string of the molecule is Nc1ccc(C(=O)N[C@H]2C[C@H]3CO[C@@H](CCO)CN3C2)cn1. The third kappa shape index (κ3) is 3.37. The van der Waals surface area contributed by atoms with E-state index < -0.39 is 0 Å². The lowest BCUT2D eigenvalue weighted by atomic mass is 10.1. The monoisotopic (exact) mass is 306 g/mol. The van der Waals surface area contributed by atoms with E-state index in [0.29, 0.717) is 30.5 Å². The molecule has 1 amide bonds. The Morgan fingerprint density at radius 1 is 1.50 bits per heavy atom. The standard InChI is InChI=1S/C15H22N4O3/c16-14-2-1-10(6-17-14)15(21)18-11-5-12-9-22-13(3-4-20)8-19(12)7-11/h1-2,6,11-13,20H,3-5,7-9H2,(H2,16,17)(H,18,21)/t11-,12-,13-/m0/s1. The first-order chi connectivity index (χ1) is 10.7. The summed E-state index contributed by atoms with van der Waals surface area (Å²) in [6, 6.07) is 3.77. The van der Waals surface area contributed by atoms with Crippen LogP contribution in [0.2, 0.25) is 0 Å². The molecule has 1 aromatic rings. The van der Waals surface area contributed by atoms with Crippen molar-refractivity contribution in [3.05, 3.63) is 23.9 Å². The Labute approximate surface area is 129 Å². The number of nitrogens with zero attached hydrogens (tertiary/aromatic N) is 2. The summed E-state index contributed by atoms with van der Waals surface area (Å²) >= 11 is 0. The lowest BCUT2D eigenvalue weighted by Gasteiger charge is -2.34. The molecule has 3 atom stereocenters. The average molecular weight is 306 g/mol. The van der Waals surface area contributed by atoms with Gasteiger partial charge in [-0.05, 0) is 25.0 Å². The fourth-order valence-electron chi connectivity index (χ4n) is 3.17. The first-order valence-corrected chi connectivity index (χ1v) is 7.64. The summed E-state index contributed by atoms with van der Waals surface area (Å²) in [5.41, 5.74) is 6.05. The third-order valence-corrected chi connectivity index (χ3v) is 4.33. The first kappa shape index (κ1) is 15.2. The van der Waals surface area contributed by atoms with Gasteiger partial charge in [-0.3, -0.25) is 9.69 Å². The Bertz CT molecular complexity index is 522. The van der Waals surface area contributed by atoms with Crippen LogP contribution in [0.1, 0.15) is 23.2 Å². The van der Waals surface area contributed by atoms with Crippen molar-refractivity contribution in [3.63, 3.8) is 0 Å². The molecule has 0 radical (unpaired) electrons.